The van der Waals surface area contributed by atoms with E-state index in [1.807, 2.05) is 0 Å². The highest BCUT2D eigenvalue weighted by molar-refractivity contribution is 5.88. The van der Waals surface area contributed by atoms with Crippen molar-refractivity contribution in [1.82, 2.24) is 9.78 Å². The summed E-state index contributed by atoms with van der Waals surface area (Å²) in [6.07, 6.45) is 3.94. The summed E-state index contributed by atoms with van der Waals surface area (Å²) in [6.45, 7) is 6.87. The first kappa shape index (κ1) is 17.5. The predicted molar refractivity (Wildman–Crippen MR) is 89.2 cm³/mol. The van der Waals surface area contributed by atoms with Crippen LogP contribution in [0.15, 0.2) is 30.6 Å². The molecule has 0 unspecified atom stereocenters. The summed E-state index contributed by atoms with van der Waals surface area (Å²) in [5.41, 5.74) is 1.48. The Bertz CT molecular complexity index is 744. The van der Waals surface area contributed by atoms with Gasteiger partial charge in [0.25, 0.3) is 0 Å². The molecule has 1 aromatic heterocycles. The van der Waals surface area contributed by atoms with Gasteiger partial charge in [-0.05, 0) is 37.5 Å². The second-order valence-electron chi connectivity index (χ2n) is 5.72. The number of benzene rings is 1. The van der Waals surface area contributed by atoms with Crippen molar-refractivity contribution in [1.29, 1.82) is 5.26 Å². The molecule has 0 N–H and O–H groups in total. The van der Waals surface area contributed by atoms with E-state index in [2.05, 4.69) is 25.0 Å². The summed E-state index contributed by atoms with van der Waals surface area (Å²) in [5, 5.41) is 13.5. The Morgan fingerprint density at radius 3 is 2.88 bits per heavy atom. The van der Waals surface area contributed by atoms with Gasteiger partial charge in [-0.25, -0.2) is 9.48 Å². The zero-order chi connectivity index (χ0) is 17.5. The highest BCUT2D eigenvalue weighted by Crippen LogP contribution is 2.22. The highest BCUT2D eigenvalue weighted by atomic mass is 16.5. The largest absolute Gasteiger partial charge is 0.492 e. The molecule has 2 rings (SSSR count). The summed E-state index contributed by atoms with van der Waals surface area (Å²) < 4.78 is 12.2. The molecular weight excluding hydrogens is 306 g/mol. The highest BCUT2D eigenvalue weighted by Gasteiger charge is 2.12. The smallest absolute Gasteiger partial charge is 0.341 e. The zero-order valence-corrected chi connectivity index (χ0v) is 14.2. The number of nitrogens with zero attached hydrogens (tertiary/aromatic N) is 3. The number of rotatable bonds is 7. The van der Waals surface area contributed by atoms with E-state index < -0.39 is 5.97 Å². The summed E-state index contributed by atoms with van der Waals surface area (Å²) >= 11 is 0. The molecule has 0 atom stereocenters. The van der Waals surface area contributed by atoms with Crippen LogP contribution in [0.3, 0.4) is 0 Å². The van der Waals surface area contributed by atoms with E-state index >= 15 is 0 Å². The molecule has 0 spiro atoms. The number of carbonyl (C=O) groups is 1. The second kappa shape index (κ2) is 8.16. The molecule has 0 bridgehead atoms. The van der Waals surface area contributed by atoms with Gasteiger partial charge in [0.15, 0.2) is 0 Å². The molecule has 0 saturated heterocycles. The van der Waals surface area contributed by atoms with Gasteiger partial charge in [-0.1, -0.05) is 13.8 Å². The minimum atomic E-state index is -0.419. The van der Waals surface area contributed by atoms with Crippen molar-refractivity contribution in [3.05, 3.63) is 41.7 Å². The van der Waals surface area contributed by atoms with Gasteiger partial charge in [0.05, 0.1) is 36.2 Å². The third-order valence-electron chi connectivity index (χ3n) is 3.39. The van der Waals surface area contributed by atoms with Crippen LogP contribution in [-0.4, -0.2) is 29.0 Å². The molecule has 0 aliphatic heterocycles. The Hall–Kier alpha value is -2.81. The van der Waals surface area contributed by atoms with E-state index in [4.69, 9.17) is 9.47 Å². The number of carbonyl (C=O) groups excluding carboxylic acids is 1. The molecule has 126 valence electrons. The van der Waals surface area contributed by atoms with Crippen LogP contribution in [-0.2, 0) is 4.74 Å². The minimum Gasteiger partial charge on any atom is -0.492 e. The fourth-order valence-electron chi connectivity index (χ4n) is 2.06. The molecule has 24 heavy (non-hydrogen) atoms. The standard InChI is InChI=1S/C18H21N3O3/c1-4-23-18(22)15-11-20-21(12-15)16-5-6-17(14(9-16)10-19)24-8-7-13(2)3/h5-6,9,11-13H,4,7-8H2,1-3H3. The first-order valence-electron chi connectivity index (χ1n) is 7.94. The van der Waals surface area contributed by atoms with Crippen molar-refractivity contribution in [3.8, 4) is 17.5 Å². The van der Waals surface area contributed by atoms with Gasteiger partial charge in [0.2, 0.25) is 0 Å². The molecule has 0 amide bonds. The van der Waals surface area contributed by atoms with Crippen LogP contribution >= 0.6 is 0 Å². The van der Waals surface area contributed by atoms with E-state index in [9.17, 15) is 10.1 Å². The summed E-state index contributed by atoms with van der Waals surface area (Å²) in [4.78, 5) is 11.7. The maximum Gasteiger partial charge on any atom is 0.341 e. The van der Waals surface area contributed by atoms with Crippen molar-refractivity contribution in [2.45, 2.75) is 27.2 Å². The van der Waals surface area contributed by atoms with Gasteiger partial charge in [-0.3, -0.25) is 0 Å². The lowest BCUT2D eigenvalue weighted by atomic mass is 10.1. The molecule has 0 radical (unpaired) electrons. The van der Waals surface area contributed by atoms with Crippen molar-refractivity contribution in [2.24, 2.45) is 5.92 Å². The van der Waals surface area contributed by atoms with Gasteiger partial charge in [-0.15, -0.1) is 0 Å². The van der Waals surface area contributed by atoms with Crippen molar-refractivity contribution in [3.63, 3.8) is 0 Å². The summed E-state index contributed by atoms with van der Waals surface area (Å²) in [5.74, 6) is 0.678. The maximum absolute atomic E-state index is 11.7. The van der Waals surface area contributed by atoms with Crippen LogP contribution in [0.4, 0.5) is 0 Å². The van der Waals surface area contributed by atoms with E-state index in [1.165, 1.54) is 10.9 Å². The number of hydrogen-bond donors (Lipinski definition) is 0. The molecule has 0 aliphatic rings. The number of hydrogen-bond acceptors (Lipinski definition) is 5. The van der Waals surface area contributed by atoms with Crippen LogP contribution < -0.4 is 4.74 Å². The molecule has 6 nitrogen and oxygen atoms in total. The Morgan fingerprint density at radius 2 is 2.21 bits per heavy atom. The number of nitriles is 1. The normalized spacial score (nSPS) is 10.5. The second-order valence-corrected chi connectivity index (χ2v) is 5.72. The molecule has 1 heterocycles. The van der Waals surface area contributed by atoms with Gasteiger partial charge in [0, 0.05) is 6.20 Å². The monoisotopic (exact) mass is 327 g/mol. The molecule has 6 heteroatoms. The van der Waals surface area contributed by atoms with Crippen LogP contribution in [0.25, 0.3) is 5.69 Å². The third-order valence-corrected chi connectivity index (χ3v) is 3.39. The van der Waals surface area contributed by atoms with Crippen LogP contribution in [0, 0.1) is 17.2 Å². The molecule has 1 aromatic carbocycles. The number of ether oxygens (including phenoxy) is 2. The van der Waals surface area contributed by atoms with Gasteiger partial charge in [-0.2, -0.15) is 10.4 Å². The topological polar surface area (TPSA) is 77.1 Å². The molecule has 0 fully saturated rings. The lowest BCUT2D eigenvalue weighted by Crippen LogP contribution is -2.04. The maximum atomic E-state index is 11.7. The SMILES string of the molecule is CCOC(=O)c1cnn(-c2ccc(OCCC(C)C)c(C#N)c2)c1. The molecule has 0 aliphatic carbocycles. The average molecular weight is 327 g/mol. The lowest BCUT2D eigenvalue weighted by Gasteiger charge is -2.10. The molecule has 2 aromatic rings. The van der Waals surface area contributed by atoms with E-state index in [0.717, 1.165) is 6.42 Å². The van der Waals surface area contributed by atoms with Crippen molar-refractivity contribution < 1.29 is 14.3 Å². The lowest BCUT2D eigenvalue weighted by molar-refractivity contribution is 0.0526. The summed E-state index contributed by atoms with van der Waals surface area (Å²) in [7, 11) is 0. The average Bonchev–Trinajstić information content (AvgIpc) is 3.05. The Morgan fingerprint density at radius 1 is 1.42 bits per heavy atom. The Labute approximate surface area is 141 Å². The first-order valence-corrected chi connectivity index (χ1v) is 7.94. The molecular formula is C18H21N3O3. The van der Waals surface area contributed by atoms with Gasteiger partial charge in [0.1, 0.15) is 11.8 Å². The van der Waals surface area contributed by atoms with Crippen LogP contribution in [0.2, 0.25) is 0 Å². The summed E-state index contributed by atoms with van der Waals surface area (Å²) in [6, 6.07) is 7.37. The van der Waals surface area contributed by atoms with E-state index in [-0.39, 0.29) is 0 Å². The molecule has 0 saturated carbocycles. The van der Waals surface area contributed by atoms with Crippen molar-refractivity contribution >= 4 is 5.97 Å². The van der Waals surface area contributed by atoms with Gasteiger partial charge >= 0.3 is 5.97 Å². The Balaban J connectivity index is 2.17. The van der Waals surface area contributed by atoms with Crippen LogP contribution in [0.5, 0.6) is 5.75 Å². The minimum absolute atomic E-state index is 0.311. The van der Waals surface area contributed by atoms with E-state index in [1.54, 1.807) is 31.3 Å². The van der Waals surface area contributed by atoms with E-state index in [0.29, 0.717) is 41.7 Å². The van der Waals surface area contributed by atoms with Crippen molar-refractivity contribution in [2.75, 3.05) is 13.2 Å². The number of esters is 1. The zero-order valence-electron chi connectivity index (χ0n) is 14.2. The fraction of sp³-hybridized carbons (Fsp3) is 0.389. The quantitative estimate of drug-likeness (QED) is 0.729. The van der Waals surface area contributed by atoms with Crippen LogP contribution in [0.1, 0.15) is 43.1 Å². The first-order chi connectivity index (χ1) is 11.5. The third kappa shape index (κ3) is 4.35. The fourth-order valence-corrected chi connectivity index (χ4v) is 2.06. The van der Waals surface area contributed by atoms with Gasteiger partial charge < -0.3 is 9.47 Å². The predicted octanol–water partition coefficient (Wildman–Crippen LogP) is 3.35. The Kier molecular flexibility index (Phi) is 5.96. The number of aromatic nitrogens is 2.